The number of hydrogen-bond donors (Lipinski definition) is 1. The van der Waals surface area contributed by atoms with Crippen LogP contribution in [0.4, 0.5) is 5.82 Å². The Kier molecular flexibility index (Phi) is 3.95. The molecule has 1 unspecified atom stereocenters. The van der Waals surface area contributed by atoms with Gasteiger partial charge in [0.2, 0.25) is 0 Å². The van der Waals surface area contributed by atoms with Crippen LogP contribution in [0, 0.1) is 11.3 Å². The fraction of sp³-hybridized carbons (Fsp3) is 0.583. The first-order chi connectivity index (χ1) is 8.74. The lowest BCUT2D eigenvalue weighted by atomic mass is 10.2. The summed E-state index contributed by atoms with van der Waals surface area (Å²) in [5.74, 6) is 0.711. The van der Waals surface area contributed by atoms with Crippen molar-refractivity contribution in [3.05, 3.63) is 22.7 Å². The van der Waals surface area contributed by atoms with Crippen molar-refractivity contribution in [1.82, 2.24) is 14.9 Å². The van der Waals surface area contributed by atoms with E-state index in [4.69, 9.17) is 5.26 Å². The molecule has 0 saturated carbocycles. The fourth-order valence-corrected chi connectivity index (χ4v) is 2.22. The monoisotopic (exact) mass is 247 g/mol. The van der Waals surface area contributed by atoms with E-state index in [2.05, 4.69) is 25.8 Å². The molecule has 0 amide bonds. The van der Waals surface area contributed by atoms with E-state index in [9.17, 15) is 4.79 Å². The zero-order valence-corrected chi connectivity index (χ0v) is 10.5. The molecule has 1 saturated heterocycles. The van der Waals surface area contributed by atoms with E-state index in [1.54, 1.807) is 0 Å². The topological polar surface area (TPSA) is 76.0 Å². The van der Waals surface area contributed by atoms with Crippen LogP contribution in [0.15, 0.2) is 17.2 Å². The maximum Gasteiger partial charge on any atom is 0.252 e. The molecule has 96 valence electrons. The molecule has 0 radical (unpaired) electrons. The third-order valence-corrected chi connectivity index (χ3v) is 3.28. The number of aromatic nitrogens is 2. The summed E-state index contributed by atoms with van der Waals surface area (Å²) in [6.07, 6.45) is 2.27. The van der Waals surface area contributed by atoms with Gasteiger partial charge in [-0.05, 0) is 6.42 Å². The van der Waals surface area contributed by atoms with Crippen molar-refractivity contribution in [3.63, 3.8) is 0 Å². The molecule has 1 N–H and O–H groups in total. The van der Waals surface area contributed by atoms with Gasteiger partial charge in [0.25, 0.3) is 5.56 Å². The molecule has 6 nitrogen and oxygen atoms in total. The Hall–Kier alpha value is -1.87. The van der Waals surface area contributed by atoms with E-state index < -0.39 is 0 Å². The van der Waals surface area contributed by atoms with Gasteiger partial charge in [0.05, 0.1) is 18.4 Å². The highest BCUT2D eigenvalue weighted by molar-refractivity contribution is 5.37. The van der Waals surface area contributed by atoms with Crippen LogP contribution in [-0.4, -0.2) is 47.1 Å². The molecule has 0 spiro atoms. The van der Waals surface area contributed by atoms with Gasteiger partial charge in [-0.1, -0.05) is 6.92 Å². The number of piperazine rings is 1. The summed E-state index contributed by atoms with van der Waals surface area (Å²) in [4.78, 5) is 22.2. The Morgan fingerprint density at radius 3 is 2.78 bits per heavy atom. The third kappa shape index (κ3) is 2.68. The molecule has 0 aromatic carbocycles. The van der Waals surface area contributed by atoms with Crippen molar-refractivity contribution in [2.24, 2.45) is 0 Å². The van der Waals surface area contributed by atoms with Crippen LogP contribution in [0.3, 0.4) is 0 Å². The molecular formula is C12H17N5O. The smallest absolute Gasteiger partial charge is 0.252 e. The normalized spacial score (nSPS) is 18.3. The van der Waals surface area contributed by atoms with E-state index in [1.807, 2.05) is 6.92 Å². The maximum absolute atomic E-state index is 11.2. The Morgan fingerprint density at radius 1 is 1.50 bits per heavy atom. The van der Waals surface area contributed by atoms with E-state index in [1.165, 1.54) is 12.4 Å². The minimum atomic E-state index is -0.133. The molecule has 1 aromatic rings. The zero-order chi connectivity index (χ0) is 13.0. The van der Waals surface area contributed by atoms with Crippen LogP contribution in [0.5, 0.6) is 0 Å². The van der Waals surface area contributed by atoms with Crippen molar-refractivity contribution in [1.29, 1.82) is 5.26 Å². The lowest BCUT2D eigenvalue weighted by molar-refractivity contribution is 0.216. The number of rotatable bonds is 3. The summed E-state index contributed by atoms with van der Waals surface area (Å²) >= 11 is 0. The van der Waals surface area contributed by atoms with E-state index in [0.29, 0.717) is 5.82 Å². The summed E-state index contributed by atoms with van der Waals surface area (Å²) in [6, 6.07) is 3.83. The van der Waals surface area contributed by atoms with Crippen molar-refractivity contribution in [3.8, 4) is 6.07 Å². The summed E-state index contributed by atoms with van der Waals surface area (Å²) in [6.45, 7) is 5.29. The fourth-order valence-electron chi connectivity index (χ4n) is 2.22. The summed E-state index contributed by atoms with van der Waals surface area (Å²) in [5.41, 5.74) is -0.133. The van der Waals surface area contributed by atoms with Crippen LogP contribution < -0.4 is 10.5 Å². The van der Waals surface area contributed by atoms with Gasteiger partial charge in [-0.25, -0.2) is 4.98 Å². The van der Waals surface area contributed by atoms with Gasteiger partial charge in [-0.3, -0.25) is 9.69 Å². The van der Waals surface area contributed by atoms with Crippen molar-refractivity contribution >= 4 is 5.82 Å². The standard InChI is InChI=1S/C12H17N5O/c1-2-10(8-13)16-3-5-17(6-4-16)11-7-12(18)15-9-14-11/h7,9-10H,2-6H2,1H3,(H,14,15,18). The minimum Gasteiger partial charge on any atom is -0.354 e. The SMILES string of the molecule is CCC(C#N)N1CCN(c2cc(=O)[nH]cn2)CC1. The molecule has 1 atom stereocenters. The minimum absolute atomic E-state index is 0.000662. The molecule has 18 heavy (non-hydrogen) atoms. The van der Waals surface area contributed by atoms with Crippen molar-refractivity contribution in [2.75, 3.05) is 31.1 Å². The van der Waals surface area contributed by atoms with Gasteiger partial charge in [-0.2, -0.15) is 5.26 Å². The van der Waals surface area contributed by atoms with Crippen molar-refractivity contribution < 1.29 is 0 Å². The predicted molar refractivity (Wildman–Crippen MR) is 68.3 cm³/mol. The molecule has 0 bridgehead atoms. The van der Waals surface area contributed by atoms with Crippen LogP contribution in [-0.2, 0) is 0 Å². The Bertz CT molecular complexity index is 484. The molecule has 2 rings (SSSR count). The Balaban J connectivity index is 1.99. The highest BCUT2D eigenvalue weighted by Gasteiger charge is 2.23. The number of aromatic amines is 1. The van der Waals surface area contributed by atoms with Crippen LogP contribution in [0.1, 0.15) is 13.3 Å². The predicted octanol–water partition coefficient (Wildman–Crippen LogP) is 0.194. The lowest BCUT2D eigenvalue weighted by Crippen LogP contribution is -2.50. The van der Waals surface area contributed by atoms with Crippen LogP contribution in [0.25, 0.3) is 0 Å². The van der Waals surface area contributed by atoms with Crippen molar-refractivity contribution in [2.45, 2.75) is 19.4 Å². The number of nitriles is 1. The molecule has 2 heterocycles. The first-order valence-corrected chi connectivity index (χ1v) is 6.18. The van der Waals surface area contributed by atoms with Crippen LogP contribution >= 0.6 is 0 Å². The second-order valence-corrected chi connectivity index (χ2v) is 4.35. The number of anilines is 1. The van der Waals surface area contributed by atoms with Gasteiger partial charge in [0, 0.05) is 32.2 Å². The first-order valence-electron chi connectivity index (χ1n) is 6.18. The van der Waals surface area contributed by atoms with Gasteiger partial charge < -0.3 is 9.88 Å². The number of H-pyrrole nitrogens is 1. The highest BCUT2D eigenvalue weighted by atomic mass is 16.1. The molecule has 1 aliphatic rings. The number of nitrogens with one attached hydrogen (secondary N) is 1. The number of hydrogen-bond acceptors (Lipinski definition) is 5. The maximum atomic E-state index is 11.2. The average Bonchev–Trinajstić information content (AvgIpc) is 2.41. The molecule has 0 aliphatic carbocycles. The largest absolute Gasteiger partial charge is 0.354 e. The van der Waals surface area contributed by atoms with Gasteiger partial charge >= 0.3 is 0 Å². The summed E-state index contributed by atoms with van der Waals surface area (Å²) in [5, 5.41) is 9.03. The Morgan fingerprint density at radius 2 is 2.22 bits per heavy atom. The molecule has 1 fully saturated rings. The van der Waals surface area contributed by atoms with E-state index in [-0.39, 0.29) is 11.6 Å². The second-order valence-electron chi connectivity index (χ2n) is 4.35. The van der Waals surface area contributed by atoms with E-state index >= 15 is 0 Å². The third-order valence-electron chi connectivity index (χ3n) is 3.28. The molecular weight excluding hydrogens is 230 g/mol. The summed E-state index contributed by atoms with van der Waals surface area (Å²) < 4.78 is 0. The zero-order valence-electron chi connectivity index (χ0n) is 10.5. The number of nitrogens with zero attached hydrogens (tertiary/aromatic N) is 4. The quantitative estimate of drug-likeness (QED) is 0.825. The van der Waals surface area contributed by atoms with Crippen LogP contribution in [0.2, 0.25) is 0 Å². The van der Waals surface area contributed by atoms with Gasteiger partial charge in [0.15, 0.2) is 0 Å². The van der Waals surface area contributed by atoms with Gasteiger partial charge in [0.1, 0.15) is 5.82 Å². The Labute approximate surface area is 106 Å². The van der Waals surface area contributed by atoms with E-state index in [0.717, 1.165) is 32.6 Å². The molecule has 6 heteroatoms. The highest BCUT2D eigenvalue weighted by Crippen LogP contribution is 2.13. The molecule has 1 aromatic heterocycles. The second kappa shape index (κ2) is 5.65. The first kappa shape index (κ1) is 12.6. The van der Waals surface area contributed by atoms with Gasteiger partial charge in [-0.15, -0.1) is 0 Å². The molecule has 1 aliphatic heterocycles. The lowest BCUT2D eigenvalue weighted by Gasteiger charge is -2.37. The summed E-state index contributed by atoms with van der Waals surface area (Å²) in [7, 11) is 0. The average molecular weight is 247 g/mol.